The van der Waals surface area contributed by atoms with Crippen LogP contribution in [0.15, 0.2) is 0 Å². The molecule has 1 aliphatic heterocycles. The molecule has 0 saturated carbocycles. The molecule has 5 heteroatoms. The van der Waals surface area contributed by atoms with E-state index in [0.717, 1.165) is 36.5 Å². The van der Waals surface area contributed by atoms with Crippen molar-refractivity contribution in [2.45, 2.75) is 46.7 Å². The number of aromatic nitrogens is 2. The summed E-state index contributed by atoms with van der Waals surface area (Å²) < 4.78 is 1.89. The maximum absolute atomic E-state index is 12.7. The highest BCUT2D eigenvalue weighted by atomic mass is 16.2. The summed E-state index contributed by atoms with van der Waals surface area (Å²) in [6, 6.07) is 0.268. The number of amides is 1. The van der Waals surface area contributed by atoms with Gasteiger partial charge in [-0.25, -0.2) is 0 Å². The van der Waals surface area contributed by atoms with Crippen LogP contribution in [0, 0.1) is 19.8 Å². The third kappa shape index (κ3) is 2.39. The molecule has 1 fully saturated rings. The van der Waals surface area contributed by atoms with Gasteiger partial charge in [-0.3, -0.25) is 9.48 Å². The van der Waals surface area contributed by atoms with Crippen molar-refractivity contribution in [2.24, 2.45) is 11.7 Å². The Bertz CT molecular complexity index is 480. The number of aryl methyl sites for hydroxylation is 2. The zero-order chi connectivity index (χ0) is 14.2. The van der Waals surface area contributed by atoms with Crippen LogP contribution in [0.25, 0.3) is 0 Å². The van der Waals surface area contributed by atoms with Gasteiger partial charge in [-0.15, -0.1) is 0 Å². The fraction of sp³-hybridized carbons (Fsp3) is 0.714. The summed E-state index contributed by atoms with van der Waals surface area (Å²) in [5.41, 5.74) is 8.29. The Kier molecular flexibility index (Phi) is 3.94. The summed E-state index contributed by atoms with van der Waals surface area (Å²) in [5.74, 6) is 0.541. The lowest BCUT2D eigenvalue weighted by Gasteiger charge is -2.21. The standard InChI is InChI=1S/C14H24N4O/c1-5-18-11(4)13(10(3)16-18)14(19)17-8-12(7-15)6-9(17)2/h9,12H,5-8,15H2,1-4H3. The topological polar surface area (TPSA) is 64.2 Å². The summed E-state index contributed by atoms with van der Waals surface area (Å²) in [4.78, 5) is 14.7. The van der Waals surface area contributed by atoms with Gasteiger partial charge in [0.2, 0.25) is 0 Å². The molecular weight excluding hydrogens is 240 g/mol. The summed E-state index contributed by atoms with van der Waals surface area (Å²) >= 11 is 0. The summed E-state index contributed by atoms with van der Waals surface area (Å²) in [5, 5.41) is 4.43. The average Bonchev–Trinajstić information content (AvgIpc) is 2.89. The quantitative estimate of drug-likeness (QED) is 0.895. The highest BCUT2D eigenvalue weighted by Gasteiger charge is 2.34. The molecule has 1 aromatic heterocycles. The molecule has 2 heterocycles. The van der Waals surface area contributed by atoms with E-state index in [-0.39, 0.29) is 11.9 Å². The lowest BCUT2D eigenvalue weighted by Crippen LogP contribution is -2.35. The molecule has 1 aromatic rings. The van der Waals surface area contributed by atoms with Crippen molar-refractivity contribution in [3.05, 3.63) is 17.0 Å². The zero-order valence-corrected chi connectivity index (χ0v) is 12.3. The Hall–Kier alpha value is -1.36. The van der Waals surface area contributed by atoms with E-state index in [1.54, 1.807) is 0 Å². The highest BCUT2D eigenvalue weighted by Crippen LogP contribution is 2.26. The molecule has 1 amide bonds. The number of likely N-dealkylation sites (tertiary alicyclic amines) is 1. The number of nitrogens with zero attached hydrogens (tertiary/aromatic N) is 3. The number of carbonyl (C=O) groups is 1. The second-order valence-corrected chi connectivity index (χ2v) is 5.51. The molecule has 19 heavy (non-hydrogen) atoms. The molecule has 1 saturated heterocycles. The van der Waals surface area contributed by atoms with Gasteiger partial charge in [0.1, 0.15) is 0 Å². The van der Waals surface area contributed by atoms with Gasteiger partial charge in [-0.1, -0.05) is 0 Å². The number of nitrogens with two attached hydrogens (primary N) is 1. The van der Waals surface area contributed by atoms with Crippen LogP contribution in [0.4, 0.5) is 0 Å². The molecule has 2 rings (SSSR count). The van der Waals surface area contributed by atoms with Crippen molar-refractivity contribution in [3.8, 4) is 0 Å². The molecule has 0 aliphatic carbocycles. The fourth-order valence-corrected chi connectivity index (χ4v) is 3.05. The first-order chi connectivity index (χ1) is 8.99. The van der Waals surface area contributed by atoms with Crippen LogP contribution in [-0.2, 0) is 6.54 Å². The number of rotatable bonds is 3. The van der Waals surface area contributed by atoms with Crippen molar-refractivity contribution < 1.29 is 4.79 Å². The average molecular weight is 264 g/mol. The molecule has 0 aromatic carbocycles. The van der Waals surface area contributed by atoms with E-state index in [0.29, 0.717) is 12.5 Å². The fourth-order valence-electron chi connectivity index (χ4n) is 3.05. The maximum atomic E-state index is 12.7. The molecule has 1 aliphatic rings. The first-order valence-electron chi connectivity index (χ1n) is 7.04. The Labute approximate surface area is 114 Å². The van der Waals surface area contributed by atoms with Crippen molar-refractivity contribution in [2.75, 3.05) is 13.1 Å². The lowest BCUT2D eigenvalue weighted by atomic mass is 10.1. The normalized spacial score (nSPS) is 23.1. The number of hydrogen-bond donors (Lipinski definition) is 1. The van der Waals surface area contributed by atoms with Crippen LogP contribution in [0.5, 0.6) is 0 Å². The zero-order valence-electron chi connectivity index (χ0n) is 12.3. The van der Waals surface area contributed by atoms with Gasteiger partial charge in [-0.2, -0.15) is 5.10 Å². The minimum Gasteiger partial charge on any atom is -0.335 e. The molecule has 2 unspecified atom stereocenters. The smallest absolute Gasteiger partial charge is 0.257 e. The minimum atomic E-state index is 0.109. The second kappa shape index (κ2) is 5.33. The van der Waals surface area contributed by atoms with Gasteiger partial charge in [-0.05, 0) is 46.6 Å². The van der Waals surface area contributed by atoms with Crippen LogP contribution in [-0.4, -0.2) is 39.7 Å². The Morgan fingerprint density at radius 1 is 1.47 bits per heavy atom. The Balaban J connectivity index is 2.27. The van der Waals surface area contributed by atoms with Gasteiger partial charge < -0.3 is 10.6 Å². The monoisotopic (exact) mass is 264 g/mol. The third-order valence-corrected chi connectivity index (χ3v) is 4.15. The molecule has 2 atom stereocenters. The first-order valence-corrected chi connectivity index (χ1v) is 7.04. The predicted octanol–water partition coefficient (Wildman–Crippen LogP) is 1.33. The first kappa shape index (κ1) is 14.1. The van der Waals surface area contributed by atoms with Crippen LogP contribution in [0.2, 0.25) is 0 Å². The van der Waals surface area contributed by atoms with Gasteiger partial charge in [0.25, 0.3) is 5.91 Å². The van der Waals surface area contributed by atoms with Gasteiger partial charge >= 0.3 is 0 Å². The SMILES string of the molecule is CCn1nc(C)c(C(=O)N2CC(CN)CC2C)c1C. The highest BCUT2D eigenvalue weighted by molar-refractivity contribution is 5.96. The Morgan fingerprint density at radius 2 is 2.16 bits per heavy atom. The largest absolute Gasteiger partial charge is 0.335 e. The predicted molar refractivity (Wildman–Crippen MR) is 75.0 cm³/mol. The van der Waals surface area contributed by atoms with Crippen LogP contribution in [0.3, 0.4) is 0 Å². The lowest BCUT2D eigenvalue weighted by molar-refractivity contribution is 0.0742. The van der Waals surface area contributed by atoms with Gasteiger partial charge in [0, 0.05) is 24.8 Å². The van der Waals surface area contributed by atoms with E-state index >= 15 is 0 Å². The van der Waals surface area contributed by atoms with E-state index in [9.17, 15) is 4.79 Å². The minimum absolute atomic E-state index is 0.109. The molecule has 5 nitrogen and oxygen atoms in total. The summed E-state index contributed by atoms with van der Waals surface area (Å²) in [6.07, 6.45) is 1.00. The Morgan fingerprint density at radius 3 is 2.63 bits per heavy atom. The maximum Gasteiger partial charge on any atom is 0.257 e. The van der Waals surface area contributed by atoms with E-state index in [1.807, 2.05) is 30.4 Å². The molecule has 0 radical (unpaired) electrons. The summed E-state index contributed by atoms with van der Waals surface area (Å²) in [7, 11) is 0. The van der Waals surface area contributed by atoms with Gasteiger partial charge in [0.15, 0.2) is 0 Å². The van der Waals surface area contributed by atoms with Gasteiger partial charge in [0.05, 0.1) is 11.3 Å². The molecule has 2 N–H and O–H groups in total. The van der Waals surface area contributed by atoms with E-state index in [1.165, 1.54) is 0 Å². The van der Waals surface area contributed by atoms with E-state index in [2.05, 4.69) is 12.0 Å². The van der Waals surface area contributed by atoms with Crippen LogP contribution < -0.4 is 5.73 Å². The second-order valence-electron chi connectivity index (χ2n) is 5.51. The molecule has 0 bridgehead atoms. The van der Waals surface area contributed by atoms with Crippen molar-refractivity contribution in [1.82, 2.24) is 14.7 Å². The molecule has 0 spiro atoms. The van der Waals surface area contributed by atoms with Crippen molar-refractivity contribution in [3.63, 3.8) is 0 Å². The van der Waals surface area contributed by atoms with Crippen LogP contribution >= 0.6 is 0 Å². The van der Waals surface area contributed by atoms with Crippen LogP contribution in [0.1, 0.15) is 42.0 Å². The molecular formula is C14H24N4O. The number of hydrogen-bond acceptors (Lipinski definition) is 3. The number of carbonyl (C=O) groups excluding carboxylic acids is 1. The summed E-state index contributed by atoms with van der Waals surface area (Å²) in [6.45, 7) is 10.2. The molecule has 106 valence electrons. The third-order valence-electron chi connectivity index (χ3n) is 4.15. The van der Waals surface area contributed by atoms with E-state index in [4.69, 9.17) is 5.73 Å². The van der Waals surface area contributed by atoms with Crippen molar-refractivity contribution >= 4 is 5.91 Å². The van der Waals surface area contributed by atoms with E-state index < -0.39 is 0 Å². The van der Waals surface area contributed by atoms with Crippen molar-refractivity contribution in [1.29, 1.82) is 0 Å².